The first-order chi connectivity index (χ1) is 24.3. The number of hydrogen-bond donors (Lipinski definition) is 0. The lowest BCUT2D eigenvalue weighted by Crippen LogP contribution is -2.27. The average molecular weight is 625 g/mol. The van der Waals surface area contributed by atoms with Crippen LogP contribution in [0.3, 0.4) is 0 Å². The first kappa shape index (κ1) is 27.9. The Kier molecular flexibility index (Phi) is 6.25. The maximum Gasteiger partial charge on any atom is 0.160 e. The van der Waals surface area contributed by atoms with Gasteiger partial charge >= 0.3 is 0 Å². The SMILES string of the molecule is C1=C2C(=CCC1)C1(c3ccccc32)c2ccccc2-c2cccc(-c3cc(-c4ccccc4)nc(-c4ccc(-c5ccccc5)cc4)n3)c21. The van der Waals surface area contributed by atoms with Crippen LogP contribution in [0.1, 0.15) is 35.1 Å². The van der Waals surface area contributed by atoms with Gasteiger partial charge in [-0.05, 0) is 74.6 Å². The lowest BCUT2D eigenvalue weighted by Gasteiger charge is -2.33. The molecule has 0 fully saturated rings. The van der Waals surface area contributed by atoms with Crippen LogP contribution in [0.2, 0.25) is 0 Å². The number of allylic oxidation sites excluding steroid dienone is 4. The second-order valence-electron chi connectivity index (χ2n) is 13.2. The molecule has 1 heterocycles. The van der Waals surface area contributed by atoms with E-state index in [0.717, 1.165) is 46.7 Å². The molecule has 2 nitrogen and oxygen atoms in total. The van der Waals surface area contributed by atoms with Crippen LogP contribution < -0.4 is 0 Å². The minimum atomic E-state index is -0.416. The first-order valence-corrected chi connectivity index (χ1v) is 17.2. The predicted molar refractivity (Wildman–Crippen MR) is 201 cm³/mol. The Morgan fingerprint density at radius 3 is 1.73 bits per heavy atom. The first-order valence-electron chi connectivity index (χ1n) is 17.2. The summed E-state index contributed by atoms with van der Waals surface area (Å²) in [6.07, 6.45) is 7.08. The van der Waals surface area contributed by atoms with Crippen LogP contribution in [0.15, 0.2) is 175 Å². The third-order valence-electron chi connectivity index (χ3n) is 10.6. The van der Waals surface area contributed by atoms with Crippen LogP contribution in [0, 0.1) is 0 Å². The van der Waals surface area contributed by atoms with E-state index in [1.54, 1.807) is 0 Å². The zero-order valence-corrected chi connectivity index (χ0v) is 27.0. The molecule has 230 valence electrons. The average Bonchev–Trinajstić information content (AvgIpc) is 3.66. The van der Waals surface area contributed by atoms with Crippen molar-refractivity contribution < 1.29 is 0 Å². The van der Waals surface area contributed by atoms with Crippen LogP contribution in [0.5, 0.6) is 0 Å². The fourth-order valence-electron chi connectivity index (χ4n) is 8.52. The monoisotopic (exact) mass is 624 g/mol. The Morgan fingerprint density at radius 1 is 0.408 bits per heavy atom. The Balaban J connectivity index is 1.24. The van der Waals surface area contributed by atoms with Crippen molar-refractivity contribution in [3.63, 3.8) is 0 Å². The van der Waals surface area contributed by atoms with Gasteiger partial charge in [0.15, 0.2) is 5.82 Å². The van der Waals surface area contributed by atoms with Gasteiger partial charge in [-0.1, -0.05) is 164 Å². The minimum Gasteiger partial charge on any atom is -0.228 e. The van der Waals surface area contributed by atoms with Gasteiger partial charge in [0.25, 0.3) is 0 Å². The third kappa shape index (κ3) is 4.14. The normalized spacial score (nSPS) is 16.7. The molecule has 0 saturated carbocycles. The van der Waals surface area contributed by atoms with Crippen LogP contribution >= 0.6 is 0 Å². The topological polar surface area (TPSA) is 25.8 Å². The van der Waals surface area contributed by atoms with Crippen molar-refractivity contribution in [2.45, 2.75) is 18.3 Å². The van der Waals surface area contributed by atoms with Gasteiger partial charge in [0.2, 0.25) is 0 Å². The standard InChI is InChI=1S/C47H32N2/c1-3-14-31(15-4-1)32-26-28-34(29-27-32)46-48-43(33-16-5-2-6-17-33)30-44(49-46)39-22-13-21-38-37-20-9-12-25-42(37)47(45(38)39)40-23-10-7-18-35(40)36-19-8-11-24-41(36)47/h1-7,9-10,12-30H,8,11H2. The molecule has 3 aliphatic carbocycles. The summed E-state index contributed by atoms with van der Waals surface area (Å²) in [6, 6.07) is 56.7. The zero-order valence-electron chi connectivity index (χ0n) is 27.0. The summed E-state index contributed by atoms with van der Waals surface area (Å²) in [4.78, 5) is 10.6. The summed E-state index contributed by atoms with van der Waals surface area (Å²) < 4.78 is 0. The Hall–Kier alpha value is -6.12. The number of fused-ring (bicyclic) bond motifs is 10. The Bertz CT molecular complexity index is 2470. The summed E-state index contributed by atoms with van der Waals surface area (Å²) in [5.41, 5.74) is 17.8. The van der Waals surface area contributed by atoms with E-state index in [2.05, 4.69) is 170 Å². The summed E-state index contributed by atoms with van der Waals surface area (Å²) in [6.45, 7) is 0. The van der Waals surface area contributed by atoms with Crippen molar-refractivity contribution >= 4 is 5.57 Å². The highest BCUT2D eigenvalue weighted by atomic mass is 14.9. The number of benzene rings is 6. The molecule has 1 unspecified atom stereocenters. The Morgan fingerprint density at radius 2 is 0.959 bits per heavy atom. The van der Waals surface area contributed by atoms with Crippen LogP contribution in [0.4, 0.5) is 0 Å². The van der Waals surface area contributed by atoms with E-state index in [1.807, 2.05) is 0 Å². The molecule has 0 N–H and O–H groups in total. The van der Waals surface area contributed by atoms with Crippen molar-refractivity contribution in [3.8, 4) is 56.2 Å². The number of hydrogen-bond acceptors (Lipinski definition) is 2. The van der Waals surface area contributed by atoms with Gasteiger partial charge in [0.05, 0.1) is 16.8 Å². The van der Waals surface area contributed by atoms with E-state index in [-0.39, 0.29) is 0 Å². The molecule has 1 spiro atoms. The van der Waals surface area contributed by atoms with Gasteiger partial charge in [-0.3, -0.25) is 0 Å². The molecular weight excluding hydrogens is 593 g/mol. The van der Waals surface area contributed by atoms with Crippen molar-refractivity contribution in [1.82, 2.24) is 9.97 Å². The maximum absolute atomic E-state index is 5.41. The quantitative estimate of drug-likeness (QED) is 0.195. The maximum atomic E-state index is 5.41. The van der Waals surface area contributed by atoms with Crippen molar-refractivity contribution in [3.05, 3.63) is 198 Å². The lowest BCUT2D eigenvalue weighted by molar-refractivity contribution is 0.783. The molecule has 49 heavy (non-hydrogen) atoms. The molecule has 0 aliphatic heterocycles. The number of rotatable bonds is 4. The molecule has 10 rings (SSSR count). The van der Waals surface area contributed by atoms with Crippen LogP contribution in [-0.2, 0) is 5.41 Å². The highest BCUT2D eigenvalue weighted by Crippen LogP contribution is 2.65. The van der Waals surface area contributed by atoms with Crippen LogP contribution in [0.25, 0.3) is 61.7 Å². The van der Waals surface area contributed by atoms with Crippen molar-refractivity contribution in [2.75, 3.05) is 0 Å². The Labute approximate surface area is 286 Å². The van der Waals surface area contributed by atoms with Gasteiger partial charge in [-0.2, -0.15) is 0 Å². The molecule has 3 aliphatic rings. The van der Waals surface area contributed by atoms with E-state index in [1.165, 1.54) is 55.7 Å². The fourth-order valence-corrected chi connectivity index (χ4v) is 8.52. The van der Waals surface area contributed by atoms with E-state index in [0.29, 0.717) is 0 Å². The molecule has 7 aromatic rings. The molecular formula is C47H32N2. The second-order valence-corrected chi connectivity index (χ2v) is 13.2. The molecule has 1 aromatic heterocycles. The molecule has 0 radical (unpaired) electrons. The van der Waals surface area contributed by atoms with E-state index in [4.69, 9.17) is 9.97 Å². The smallest absolute Gasteiger partial charge is 0.160 e. The zero-order chi connectivity index (χ0) is 32.4. The van der Waals surface area contributed by atoms with Crippen LogP contribution in [-0.4, -0.2) is 9.97 Å². The molecule has 0 amide bonds. The summed E-state index contributed by atoms with van der Waals surface area (Å²) in [5, 5.41) is 0. The van der Waals surface area contributed by atoms with Gasteiger partial charge in [0.1, 0.15) is 0 Å². The highest BCUT2D eigenvalue weighted by molar-refractivity contribution is 6.02. The predicted octanol–water partition coefficient (Wildman–Crippen LogP) is 11.6. The molecule has 0 saturated heterocycles. The largest absolute Gasteiger partial charge is 0.228 e. The minimum absolute atomic E-state index is 0.416. The molecule has 1 atom stereocenters. The number of nitrogens with zero attached hydrogens (tertiary/aromatic N) is 2. The van der Waals surface area contributed by atoms with E-state index in [9.17, 15) is 0 Å². The second kappa shape index (κ2) is 11.0. The summed E-state index contributed by atoms with van der Waals surface area (Å²) >= 11 is 0. The summed E-state index contributed by atoms with van der Waals surface area (Å²) in [5.74, 6) is 0.724. The van der Waals surface area contributed by atoms with E-state index < -0.39 is 5.41 Å². The fraction of sp³-hybridized carbons (Fsp3) is 0.0638. The van der Waals surface area contributed by atoms with E-state index >= 15 is 0 Å². The van der Waals surface area contributed by atoms with Gasteiger partial charge in [-0.15, -0.1) is 0 Å². The van der Waals surface area contributed by atoms with Gasteiger partial charge < -0.3 is 0 Å². The van der Waals surface area contributed by atoms with Gasteiger partial charge in [-0.25, -0.2) is 9.97 Å². The third-order valence-corrected chi connectivity index (χ3v) is 10.6. The summed E-state index contributed by atoms with van der Waals surface area (Å²) in [7, 11) is 0. The van der Waals surface area contributed by atoms with Crippen molar-refractivity contribution in [1.29, 1.82) is 0 Å². The molecule has 6 aromatic carbocycles. The van der Waals surface area contributed by atoms with Crippen molar-refractivity contribution in [2.24, 2.45) is 0 Å². The highest BCUT2D eigenvalue weighted by Gasteiger charge is 2.54. The van der Waals surface area contributed by atoms with Gasteiger partial charge in [0, 0.05) is 16.7 Å². The molecule has 0 bridgehead atoms. The lowest BCUT2D eigenvalue weighted by atomic mass is 9.68. The molecule has 2 heteroatoms. The number of aromatic nitrogens is 2.